The van der Waals surface area contributed by atoms with E-state index < -0.39 is 0 Å². The van der Waals surface area contributed by atoms with Crippen molar-refractivity contribution in [2.24, 2.45) is 23.7 Å². The van der Waals surface area contributed by atoms with Gasteiger partial charge in [0.1, 0.15) is 6.29 Å². The maximum atomic E-state index is 12.8. The van der Waals surface area contributed by atoms with Gasteiger partial charge in [0.25, 0.3) is 0 Å². The van der Waals surface area contributed by atoms with Crippen LogP contribution in [0.3, 0.4) is 0 Å². The molecule has 4 aliphatic rings. The highest BCUT2D eigenvalue weighted by molar-refractivity contribution is 6.30. The fourth-order valence-electron chi connectivity index (χ4n) is 7.61. The average Bonchev–Trinajstić information content (AvgIpc) is 4.05. The van der Waals surface area contributed by atoms with Crippen LogP contribution in [0.25, 0.3) is 0 Å². The lowest BCUT2D eigenvalue weighted by molar-refractivity contribution is -0.117. The molecule has 4 amide bonds. The Bertz CT molecular complexity index is 2030. The van der Waals surface area contributed by atoms with Gasteiger partial charge in [0.05, 0.1) is 36.2 Å². The zero-order chi connectivity index (χ0) is 40.8. The second-order valence-corrected chi connectivity index (χ2v) is 15.9. The lowest BCUT2D eigenvalue weighted by Gasteiger charge is -2.21. The van der Waals surface area contributed by atoms with E-state index in [1.807, 2.05) is 21.9 Å². The standard InChI is InChI=1S/C20H24ClN5O2.C13H19N5O2.C7H5ClO.CH4/c1-14(27)23(2)19-7-22-26(13-19)20(28)25-11-16-9-24(10-17(16)12-25)8-15-3-5-18(21)6-4-15;1-9(19)16(2)12-5-15-18(8-12)13(20)17-6-10-3-14-4-11(10)7-17;8-7-3-1-6(5-9)2-4-7;/h3-7,13,16-17H,8-12H2,1-2H3;5,8,10-11,14H,3-4,6-7H2,1-2H3;1-5H;1H4. The molecule has 0 aliphatic carbocycles. The Kier molecular flexibility index (Phi) is 14.9. The van der Waals surface area contributed by atoms with Crippen LogP contribution in [0, 0.1) is 23.7 Å². The van der Waals surface area contributed by atoms with Crippen molar-refractivity contribution in [3.8, 4) is 0 Å². The molecule has 310 valence electrons. The van der Waals surface area contributed by atoms with E-state index in [0.717, 1.165) is 70.2 Å². The van der Waals surface area contributed by atoms with Crippen LogP contribution in [0.5, 0.6) is 0 Å². The number of likely N-dealkylation sites (tertiary alicyclic amines) is 3. The Morgan fingerprint density at radius 3 is 1.52 bits per heavy atom. The number of hydrogen-bond donors (Lipinski definition) is 1. The SMILES string of the molecule is C.CC(=O)N(C)c1cnn(C(=O)N2CC3CN(Cc4ccc(Cl)cc4)CC3C2)c1.CC(=O)N(C)c1cnn(C(=O)N2CC3CNCC3C2)c1.O=Cc1ccc(Cl)cc1. The monoisotopic (exact) mass is 834 g/mol. The van der Waals surface area contributed by atoms with E-state index in [4.69, 9.17) is 23.2 Å². The van der Waals surface area contributed by atoms with Crippen LogP contribution in [-0.2, 0) is 16.1 Å². The van der Waals surface area contributed by atoms with Gasteiger partial charge in [-0.15, -0.1) is 0 Å². The first kappa shape index (κ1) is 44.0. The predicted octanol–water partition coefficient (Wildman–Crippen LogP) is 5.32. The topological polar surface area (TPSA) is 149 Å². The van der Waals surface area contributed by atoms with Gasteiger partial charge in [-0.25, -0.2) is 9.59 Å². The number of benzene rings is 2. The number of halogens is 2. The minimum Gasteiger partial charge on any atom is -0.322 e. The first-order valence-corrected chi connectivity index (χ1v) is 19.6. The van der Waals surface area contributed by atoms with Crippen molar-refractivity contribution in [1.82, 2.24) is 39.6 Å². The molecule has 58 heavy (non-hydrogen) atoms. The molecule has 4 atom stereocenters. The fourth-order valence-corrected chi connectivity index (χ4v) is 7.86. The Morgan fingerprint density at radius 1 is 0.690 bits per heavy atom. The minimum absolute atomic E-state index is 0. The summed E-state index contributed by atoms with van der Waals surface area (Å²) in [6.45, 7) is 10.9. The summed E-state index contributed by atoms with van der Waals surface area (Å²) >= 11 is 11.5. The number of carbonyl (C=O) groups excluding carboxylic acids is 5. The molecular weight excluding hydrogens is 783 g/mol. The average molecular weight is 836 g/mol. The number of nitrogens with one attached hydrogen (secondary N) is 1. The largest absolute Gasteiger partial charge is 0.344 e. The molecule has 1 N–H and O–H groups in total. The van der Waals surface area contributed by atoms with Crippen LogP contribution in [0.1, 0.15) is 37.2 Å². The Hall–Kier alpha value is -5.09. The zero-order valence-electron chi connectivity index (χ0n) is 32.5. The molecule has 15 nitrogen and oxygen atoms in total. The number of hydrogen-bond acceptors (Lipinski definition) is 9. The van der Waals surface area contributed by atoms with E-state index in [0.29, 0.717) is 45.6 Å². The van der Waals surface area contributed by atoms with Gasteiger partial charge in [-0.2, -0.15) is 19.6 Å². The summed E-state index contributed by atoms with van der Waals surface area (Å²) in [5.74, 6) is 1.93. The van der Waals surface area contributed by atoms with Gasteiger partial charge in [-0.3, -0.25) is 19.3 Å². The molecule has 0 saturated carbocycles. The Labute approximate surface area is 349 Å². The molecule has 8 rings (SSSR count). The quantitative estimate of drug-likeness (QED) is 0.264. The third-order valence-electron chi connectivity index (χ3n) is 11.1. The molecule has 17 heteroatoms. The molecule has 4 aliphatic heterocycles. The molecule has 2 aromatic carbocycles. The van der Waals surface area contributed by atoms with E-state index >= 15 is 0 Å². The maximum absolute atomic E-state index is 12.8. The number of carbonyl (C=O) groups is 5. The first-order chi connectivity index (χ1) is 27.3. The number of rotatable bonds is 5. The van der Waals surface area contributed by atoms with Crippen LogP contribution in [-0.4, -0.2) is 131 Å². The second kappa shape index (κ2) is 19.6. The third kappa shape index (κ3) is 10.7. The molecule has 0 radical (unpaired) electrons. The van der Waals surface area contributed by atoms with E-state index in [1.165, 1.54) is 44.8 Å². The molecule has 0 bridgehead atoms. The van der Waals surface area contributed by atoms with Gasteiger partial charge >= 0.3 is 12.1 Å². The zero-order valence-corrected chi connectivity index (χ0v) is 34.0. The van der Waals surface area contributed by atoms with Gasteiger partial charge in [0.2, 0.25) is 11.8 Å². The summed E-state index contributed by atoms with van der Waals surface area (Å²) in [6, 6.07) is 14.5. The first-order valence-electron chi connectivity index (χ1n) is 18.8. The molecule has 4 saturated heterocycles. The van der Waals surface area contributed by atoms with Gasteiger partial charge in [-0.1, -0.05) is 54.9 Å². The van der Waals surface area contributed by atoms with Crippen molar-refractivity contribution in [2.45, 2.75) is 27.8 Å². The minimum atomic E-state index is -0.123. The highest BCUT2D eigenvalue weighted by Gasteiger charge is 2.42. The number of anilines is 2. The smallest absolute Gasteiger partial charge is 0.322 e. The molecule has 2 aromatic heterocycles. The van der Waals surface area contributed by atoms with Crippen molar-refractivity contribution in [1.29, 1.82) is 0 Å². The molecule has 4 fully saturated rings. The van der Waals surface area contributed by atoms with Gasteiger partial charge < -0.3 is 24.9 Å². The van der Waals surface area contributed by atoms with Crippen molar-refractivity contribution in [3.05, 3.63) is 94.5 Å². The number of aromatic nitrogens is 4. The van der Waals surface area contributed by atoms with Crippen LogP contribution in [0.4, 0.5) is 21.0 Å². The van der Waals surface area contributed by atoms with Gasteiger partial charge in [0.15, 0.2) is 0 Å². The molecular formula is C41H52Cl2N10O5. The van der Waals surface area contributed by atoms with Crippen LogP contribution >= 0.6 is 23.2 Å². The lowest BCUT2D eigenvalue weighted by atomic mass is 10.0. The normalized spacial score (nSPS) is 20.4. The van der Waals surface area contributed by atoms with Crippen LogP contribution in [0.2, 0.25) is 10.0 Å². The van der Waals surface area contributed by atoms with Crippen molar-refractivity contribution < 1.29 is 24.0 Å². The molecule has 4 unspecified atom stereocenters. The van der Waals surface area contributed by atoms with E-state index in [-0.39, 0.29) is 31.3 Å². The third-order valence-corrected chi connectivity index (χ3v) is 11.6. The van der Waals surface area contributed by atoms with E-state index in [9.17, 15) is 24.0 Å². The fraction of sp³-hybridized carbons (Fsp3) is 0.439. The van der Waals surface area contributed by atoms with Crippen molar-refractivity contribution in [2.75, 3.05) is 76.3 Å². The van der Waals surface area contributed by atoms with Gasteiger partial charge in [0, 0.05) is 102 Å². The summed E-state index contributed by atoms with van der Waals surface area (Å²) in [4.78, 5) is 67.1. The number of amides is 4. The van der Waals surface area contributed by atoms with E-state index in [1.54, 1.807) is 57.0 Å². The predicted molar refractivity (Wildman–Crippen MR) is 224 cm³/mol. The van der Waals surface area contributed by atoms with Crippen LogP contribution < -0.4 is 15.1 Å². The summed E-state index contributed by atoms with van der Waals surface area (Å²) in [6.07, 6.45) is 7.10. The second-order valence-electron chi connectivity index (χ2n) is 15.0. The molecule has 6 heterocycles. The van der Waals surface area contributed by atoms with Crippen molar-refractivity contribution in [3.63, 3.8) is 0 Å². The number of fused-ring (bicyclic) bond motifs is 2. The Morgan fingerprint density at radius 2 is 1.10 bits per heavy atom. The molecule has 4 aromatic rings. The van der Waals surface area contributed by atoms with E-state index in [2.05, 4.69) is 32.5 Å². The lowest BCUT2D eigenvalue weighted by Crippen LogP contribution is -2.36. The highest BCUT2D eigenvalue weighted by Crippen LogP contribution is 2.32. The Balaban J connectivity index is 0.000000186. The summed E-state index contributed by atoms with van der Waals surface area (Å²) in [7, 11) is 3.34. The van der Waals surface area contributed by atoms with Crippen molar-refractivity contribution >= 4 is 64.7 Å². The van der Waals surface area contributed by atoms with Crippen LogP contribution in [0.15, 0.2) is 73.3 Å². The highest BCUT2D eigenvalue weighted by atomic mass is 35.5. The summed E-state index contributed by atoms with van der Waals surface area (Å²) in [5.41, 5.74) is 3.16. The number of aldehydes is 1. The summed E-state index contributed by atoms with van der Waals surface area (Å²) in [5, 5.41) is 13.0. The maximum Gasteiger partial charge on any atom is 0.344 e. The molecule has 0 spiro atoms. The number of nitrogens with zero attached hydrogens (tertiary/aromatic N) is 9. The summed E-state index contributed by atoms with van der Waals surface area (Å²) < 4.78 is 2.66. The van der Waals surface area contributed by atoms with Gasteiger partial charge in [-0.05, 0) is 53.5 Å².